The van der Waals surface area contributed by atoms with Crippen LogP contribution in [0.25, 0.3) is 0 Å². The summed E-state index contributed by atoms with van der Waals surface area (Å²) >= 11 is 0. The van der Waals surface area contributed by atoms with E-state index < -0.39 is 5.54 Å². The molecule has 1 atom stereocenters. The van der Waals surface area contributed by atoms with Crippen LogP contribution < -0.4 is 14.8 Å². The molecule has 0 unspecified atom stereocenters. The van der Waals surface area contributed by atoms with Crippen molar-refractivity contribution >= 4 is 11.9 Å². The molecule has 28 heavy (non-hydrogen) atoms. The number of nitrogens with one attached hydrogen (secondary N) is 1. The van der Waals surface area contributed by atoms with Crippen molar-refractivity contribution in [2.24, 2.45) is 0 Å². The van der Waals surface area contributed by atoms with Crippen molar-refractivity contribution in [3.05, 3.63) is 59.7 Å². The number of benzene rings is 2. The molecule has 2 aromatic carbocycles. The average molecular weight is 382 g/mol. The highest BCUT2D eigenvalue weighted by Gasteiger charge is 2.47. The van der Waals surface area contributed by atoms with Gasteiger partial charge in [0.05, 0.1) is 13.7 Å². The Morgan fingerprint density at radius 1 is 1.07 bits per heavy atom. The van der Waals surface area contributed by atoms with Gasteiger partial charge in [-0.15, -0.1) is 0 Å². The van der Waals surface area contributed by atoms with Gasteiger partial charge < -0.3 is 14.8 Å². The molecule has 148 valence electrons. The third-order valence-corrected chi connectivity index (χ3v) is 4.99. The maximum absolute atomic E-state index is 12.8. The number of urea groups is 1. The van der Waals surface area contributed by atoms with Gasteiger partial charge in [-0.1, -0.05) is 24.3 Å². The zero-order chi connectivity index (χ0) is 20.1. The van der Waals surface area contributed by atoms with Gasteiger partial charge in [-0.25, -0.2) is 4.79 Å². The normalized spacial score (nSPS) is 18.9. The predicted molar refractivity (Wildman–Crippen MR) is 107 cm³/mol. The van der Waals surface area contributed by atoms with E-state index in [1.54, 1.807) is 14.0 Å². The highest BCUT2D eigenvalue weighted by atomic mass is 16.5. The van der Waals surface area contributed by atoms with Crippen molar-refractivity contribution in [1.29, 1.82) is 0 Å². The summed E-state index contributed by atoms with van der Waals surface area (Å²) in [4.78, 5) is 26.4. The zero-order valence-corrected chi connectivity index (χ0v) is 16.5. The number of hydrogen-bond donors (Lipinski definition) is 1. The molecule has 3 rings (SSSR count). The van der Waals surface area contributed by atoms with E-state index in [1.165, 1.54) is 4.90 Å². The van der Waals surface area contributed by atoms with Crippen LogP contribution in [0.3, 0.4) is 0 Å². The standard InChI is InChI=1S/C22H26N2O4/c1-16-5-4-6-19(15-16)28-14-13-24-20(25)22(2,23-21(24)26)12-11-17-7-9-18(27-3)10-8-17/h4-10,15H,11-14H2,1-3H3,(H,23,26)/t22-/m0/s1. The van der Waals surface area contributed by atoms with Crippen LogP contribution in [0.5, 0.6) is 11.5 Å². The minimum Gasteiger partial charge on any atom is -0.497 e. The molecule has 1 saturated heterocycles. The first kappa shape index (κ1) is 19.7. The third-order valence-electron chi connectivity index (χ3n) is 4.99. The molecule has 0 aromatic heterocycles. The molecule has 0 aliphatic carbocycles. The Labute approximate surface area is 165 Å². The molecule has 0 spiro atoms. The third kappa shape index (κ3) is 4.44. The summed E-state index contributed by atoms with van der Waals surface area (Å²) in [7, 11) is 1.63. The predicted octanol–water partition coefficient (Wildman–Crippen LogP) is 3.33. The second-order valence-electron chi connectivity index (χ2n) is 7.23. The molecule has 2 aromatic rings. The number of methoxy groups -OCH3 is 1. The van der Waals surface area contributed by atoms with Crippen LogP contribution in [0.4, 0.5) is 4.79 Å². The second kappa shape index (κ2) is 8.33. The van der Waals surface area contributed by atoms with Crippen molar-refractivity contribution in [2.75, 3.05) is 20.3 Å². The molecule has 1 aliphatic rings. The van der Waals surface area contributed by atoms with Gasteiger partial charge in [0, 0.05) is 0 Å². The van der Waals surface area contributed by atoms with Gasteiger partial charge in [-0.2, -0.15) is 0 Å². The summed E-state index contributed by atoms with van der Waals surface area (Å²) in [6.07, 6.45) is 1.21. The fraction of sp³-hybridized carbons (Fsp3) is 0.364. The topological polar surface area (TPSA) is 67.9 Å². The largest absolute Gasteiger partial charge is 0.497 e. The van der Waals surface area contributed by atoms with E-state index >= 15 is 0 Å². The number of rotatable bonds is 8. The monoisotopic (exact) mass is 382 g/mol. The smallest absolute Gasteiger partial charge is 0.325 e. The van der Waals surface area contributed by atoms with E-state index in [4.69, 9.17) is 9.47 Å². The van der Waals surface area contributed by atoms with Crippen molar-refractivity contribution in [3.63, 3.8) is 0 Å². The van der Waals surface area contributed by atoms with Crippen molar-refractivity contribution in [3.8, 4) is 11.5 Å². The van der Waals surface area contributed by atoms with Gasteiger partial charge in [0.15, 0.2) is 0 Å². The number of nitrogens with zero attached hydrogens (tertiary/aromatic N) is 1. The Balaban J connectivity index is 1.55. The Morgan fingerprint density at radius 3 is 2.50 bits per heavy atom. The van der Waals surface area contributed by atoms with Crippen LogP contribution >= 0.6 is 0 Å². The number of ether oxygens (including phenoxy) is 2. The van der Waals surface area contributed by atoms with Crippen molar-refractivity contribution in [2.45, 2.75) is 32.2 Å². The van der Waals surface area contributed by atoms with Crippen LogP contribution in [-0.4, -0.2) is 42.6 Å². The molecule has 0 bridgehead atoms. The average Bonchev–Trinajstić information content (AvgIpc) is 2.90. The Bertz CT molecular complexity index is 850. The molecule has 1 heterocycles. The SMILES string of the molecule is COc1ccc(CC[C@]2(C)NC(=O)N(CCOc3cccc(C)c3)C2=O)cc1. The maximum atomic E-state index is 12.8. The Morgan fingerprint density at radius 2 is 1.82 bits per heavy atom. The van der Waals surface area contributed by atoms with Crippen LogP contribution in [0.1, 0.15) is 24.5 Å². The maximum Gasteiger partial charge on any atom is 0.325 e. The van der Waals surface area contributed by atoms with Crippen LogP contribution in [0.2, 0.25) is 0 Å². The molecule has 6 heteroatoms. The molecule has 6 nitrogen and oxygen atoms in total. The minimum absolute atomic E-state index is 0.209. The van der Waals surface area contributed by atoms with E-state index in [2.05, 4.69) is 5.32 Å². The molecule has 1 N–H and O–H groups in total. The molecule has 1 fully saturated rings. The molecule has 0 saturated carbocycles. The van der Waals surface area contributed by atoms with Gasteiger partial charge in [0.1, 0.15) is 23.6 Å². The number of carbonyl (C=O) groups excluding carboxylic acids is 2. The number of aryl methyl sites for hydroxylation is 2. The number of amides is 3. The first-order valence-corrected chi connectivity index (χ1v) is 9.38. The summed E-state index contributed by atoms with van der Waals surface area (Å²) in [5.74, 6) is 1.31. The van der Waals surface area contributed by atoms with E-state index in [9.17, 15) is 9.59 Å². The molecule has 0 radical (unpaired) electrons. The fourth-order valence-corrected chi connectivity index (χ4v) is 3.27. The number of carbonyl (C=O) groups is 2. The summed E-state index contributed by atoms with van der Waals surface area (Å²) in [5, 5.41) is 2.84. The summed E-state index contributed by atoms with van der Waals surface area (Å²) < 4.78 is 10.8. The lowest BCUT2D eigenvalue weighted by atomic mass is 9.93. The molecule has 3 amide bonds. The lowest BCUT2D eigenvalue weighted by molar-refractivity contribution is -0.131. The second-order valence-corrected chi connectivity index (χ2v) is 7.23. The summed E-state index contributed by atoms with van der Waals surface area (Å²) in [6, 6.07) is 15.0. The van der Waals surface area contributed by atoms with Gasteiger partial charge in [-0.3, -0.25) is 9.69 Å². The minimum atomic E-state index is -0.902. The quantitative estimate of drug-likeness (QED) is 0.711. The Hall–Kier alpha value is -3.02. The zero-order valence-electron chi connectivity index (χ0n) is 16.5. The number of imide groups is 1. The molecular formula is C22H26N2O4. The van der Waals surface area contributed by atoms with E-state index in [0.717, 1.165) is 22.6 Å². The molecule has 1 aliphatic heterocycles. The summed E-state index contributed by atoms with van der Waals surface area (Å²) in [6.45, 7) is 4.24. The van der Waals surface area contributed by atoms with Gasteiger partial charge in [0.2, 0.25) is 0 Å². The van der Waals surface area contributed by atoms with Gasteiger partial charge >= 0.3 is 6.03 Å². The van der Waals surface area contributed by atoms with Gasteiger partial charge in [0.25, 0.3) is 5.91 Å². The molecular weight excluding hydrogens is 356 g/mol. The van der Waals surface area contributed by atoms with E-state index in [0.29, 0.717) is 12.8 Å². The van der Waals surface area contributed by atoms with E-state index in [-0.39, 0.29) is 25.1 Å². The van der Waals surface area contributed by atoms with Crippen LogP contribution in [-0.2, 0) is 11.2 Å². The lowest BCUT2D eigenvalue weighted by Crippen LogP contribution is -2.44. The highest BCUT2D eigenvalue weighted by Crippen LogP contribution is 2.24. The summed E-state index contributed by atoms with van der Waals surface area (Å²) in [5.41, 5.74) is 1.28. The highest BCUT2D eigenvalue weighted by molar-refractivity contribution is 6.06. The first-order valence-electron chi connectivity index (χ1n) is 9.38. The van der Waals surface area contributed by atoms with Gasteiger partial charge in [-0.05, 0) is 62.1 Å². The van der Waals surface area contributed by atoms with Crippen LogP contribution in [0, 0.1) is 6.92 Å². The van der Waals surface area contributed by atoms with E-state index in [1.807, 2.05) is 55.5 Å². The number of hydrogen-bond acceptors (Lipinski definition) is 4. The van der Waals surface area contributed by atoms with Crippen molar-refractivity contribution < 1.29 is 19.1 Å². The first-order chi connectivity index (χ1) is 13.4. The fourth-order valence-electron chi connectivity index (χ4n) is 3.27. The Kier molecular flexibility index (Phi) is 5.87. The van der Waals surface area contributed by atoms with Crippen molar-refractivity contribution in [1.82, 2.24) is 10.2 Å². The van der Waals surface area contributed by atoms with Crippen LogP contribution in [0.15, 0.2) is 48.5 Å². The lowest BCUT2D eigenvalue weighted by Gasteiger charge is -2.21.